The Labute approximate surface area is 425 Å². The largest absolute Gasteiger partial charge is 0.481 e. The van der Waals surface area contributed by atoms with Gasteiger partial charge in [0.25, 0.3) is 5.91 Å². The lowest BCUT2D eigenvalue weighted by atomic mass is 10.0. The maximum absolute atomic E-state index is 13.7. The first kappa shape index (κ1) is 58.8. The third kappa shape index (κ3) is 21.5. The van der Waals surface area contributed by atoms with Crippen molar-refractivity contribution in [2.45, 2.75) is 63.2 Å². The van der Waals surface area contributed by atoms with Gasteiger partial charge < -0.3 is 51.8 Å². The van der Waals surface area contributed by atoms with E-state index in [-0.39, 0.29) is 89.5 Å². The van der Waals surface area contributed by atoms with E-state index < -0.39 is 78.6 Å². The number of hydrogen-bond acceptors (Lipinski definition) is 15. The molecule has 400 valence electrons. The number of nitroso groups, excluding NO2 is 1. The average molecular weight is 1030 g/mol. The number of amides is 6. The molecule has 6 amide bonds. The summed E-state index contributed by atoms with van der Waals surface area (Å²) >= 11 is 0. The number of hydrogen-bond donors (Lipinski definition) is 9. The monoisotopic (exact) mass is 1030 g/mol. The van der Waals surface area contributed by atoms with E-state index in [9.17, 15) is 68.2 Å². The van der Waals surface area contributed by atoms with Crippen LogP contribution in [0.25, 0.3) is 10.8 Å². The first-order valence-electron chi connectivity index (χ1n) is 24.0. The quantitative estimate of drug-likeness (QED) is 0.0275. The highest BCUT2D eigenvalue weighted by atomic mass is 16.4. The van der Waals surface area contributed by atoms with Gasteiger partial charge in [0, 0.05) is 89.0 Å². The Morgan fingerprint density at radius 3 is 1.73 bits per heavy atom. The number of benzene rings is 3. The molecule has 9 N–H and O–H groups in total. The lowest BCUT2D eigenvalue weighted by molar-refractivity contribution is -0.141. The number of carboxylic acids is 4. The summed E-state index contributed by atoms with van der Waals surface area (Å²) in [6.07, 6.45) is 0.167. The highest BCUT2D eigenvalue weighted by molar-refractivity contribution is 5.98. The van der Waals surface area contributed by atoms with E-state index in [1.54, 1.807) is 34.1 Å². The number of unbranched alkanes of at least 4 members (excludes halogenated alkanes) is 1. The topological polar surface area (TPSA) is 354 Å². The molecule has 1 heterocycles. The Morgan fingerprint density at radius 1 is 0.595 bits per heavy atom. The zero-order valence-electron chi connectivity index (χ0n) is 40.8. The second-order valence-corrected chi connectivity index (χ2v) is 17.7. The fraction of sp³-hybridized carbons (Fsp3) is 0.469. The summed E-state index contributed by atoms with van der Waals surface area (Å²) in [5, 5.41) is 54.1. The van der Waals surface area contributed by atoms with Gasteiger partial charge in [0.2, 0.25) is 11.8 Å². The summed E-state index contributed by atoms with van der Waals surface area (Å²) in [6.45, 7) is 2.40. The van der Waals surface area contributed by atoms with Gasteiger partial charge in [-0.25, -0.2) is 9.59 Å². The minimum Gasteiger partial charge on any atom is -0.481 e. The summed E-state index contributed by atoms with van der Waals surface area (Å²) < 4.78 is 0. The summed E-state index contributed by atoms with van der Waals surface area (Å²) in [7, 11) is 0. The van der Waals surface area contributed by atoms with Crippen molar-refractivity contribution in [3.8, 4) is 0 Å². The summed E-state index contributed by atoms with van der Waals surface area (Å²) in [5.41, 5.74) is 1.64. The molecule has 0 aliphatic carbocycles. The highest BCUT2D eigenvalue weighted by Gasteiger charge is 2.27. The molecule has 0 spiro atoms. The van der Waals surface area contributed by atoms with E-state index in [2.05, 4.69) is 31.8 Å². The molecule has 25 nitrogen and oxygen atoms in total. The molecule has 2 unspecified atom stereocenters. The van der Waals surface area contributed by atoms with Crippen molar-refractivity contribution < 1.29 is 68.4 Å². The van der Waals surface area contributed by atoms with Crippen molar-refractivity contribution in [3.63, 3.8) is 0 Å². The molecule has 1 aliphatic heterocycles. The first-order valence-corrected chi connectivity index (χ1v) is 24.0. The van der Waals surface area contributed by atoms with E-state index in [1.165, 1.54) is 0 Å². The van der Waals surface area contributed by atoms with Crippen LogP contribution in [-0.2, 0) is 51.3 Å². The molecule has 74 heavy (non-hydrogen) atoms. The molecule has 0 bridgehead atoms. The molecule has 3 atom stereocenters. The molecule has 1 saturated heterocycles. The first-order chi connectivity index (χ1) is 35.4. The average Bonchev–Trinajstić information content (AvgIpc) is 3.36. The molecular weight excluding hydrogens is 969 g/mol. The highest BCUT2D eigenvalue weighted by Crippen LogP contribution is 2.17. The van der Waals surface area contributed by atoms with Crippen molar-refractivity contribution in [1.82, 2.24) is 46.2 Å². The van der Waals surface area contributed by atoms with E-state index >= 15 is 0 Å². The number of fused-ring (bicyclic) bond motifs is 1. The van der Waals surface area contributed by atoms with Gasteiger partial charge in [-0.1, -0.05) is 54.6 Å². The number of aldehydes is 1. The summed E-state index contributed by atoms with van der Waals surface area (Å²) in [6, 6.07) is 14.5. The van der Waals surface area contributed by atoms with E-state index in [0.717, 1.165) is 22.6 Å². The molecule has 3 aromatic rings. The van der Waals surface area contributed by atoms with Gasteiger partial charge in [-0.15, -0.1) is 4.91 Å². The van der Waals surface area contributed by atoms with Crippen LogP contribution in [0.15, 0.2) is 71.9 Å². The third-order valence-electron chi connectivity index (χ3n) is 12.1. The molecule has 0 saturated carbocycles. The van der Waals surface area contributed by atoms with Crippen molar-refractivity contribution in [3.05, 3.63) is 88.3 Å². The van der Waals surface area contributed by atoms with Gasteiger partial charge >= 0.3 is 35.8 Å². The number of carboxylic acid groups (broad SMARTS) is 4. The number of carbonyl (C=O) groups is 10. The van der Waals surface area contributed by atoms with Crippen molar-refractivity contribution >= 4 is 70.6 Å². The van der Waals surface area contributed by atoms with Gasteiger partial charge in [-0.3, -0.25) is 53.2 Å². The van der Waals surface area contributed by atoms with Crippen LogP contribution in [0, 0.1) is 4.91 Å². The van der Waals surface area contributed by atoms with Gasteiger partial charge in [-0.05, 0) is 59.7 Å². The van der Waals surface area contributed by atoms with Gasteiger partial charge in [0.05, 0.1) is 26.2 Å². The van der Waals surface area contributed by atoms with Gasteiger partial charge in [0.15, 0.2) is 0 Å². The predicted octanol–water partition coefficient (Wildman–Crippen LogP) is -0.0479. The molecule has 0 aromatic heterocycles. The number of rotatable bonds is 27. The lowest BCUT2D eigenvalue weighted by Crippen LogP contribution is -2.51. The second kappa shape index (κ2) is 31.0. The molecular formula is C49H64N10O15. The molecule has 3 aromatic carbocycles. The minimum atomic E-state index is -1.58. The van der Waals surface area contributed by atoms with Crippen molar-refractivity contribution in [2.24, 2.45) is 5.18 Å². The Kier molecular flexibility index (Phi) is 24.6. The summed E-state index contributed by atoms with van der Waals surface area (Å²) in [4.78, 5) is 141. The number of nitrogens with zero attached hydrogens (tertiary/aromatic N) is 5. The molecule has 0 radical (unpaired) electrons. The van der Waals surface area contributed by atoms with Crippen molar-refractivity contribution in [2.75, 3.05) is 85.1 Å². The molecule has 4 rings (SSSR count). The maximum atomic E-state index is 13.7. The fourth-order valence-corrected chi connectivity index (χ4v) is 8.02. The Balaban J connectivity index is 1.35. The van der Waals surface area contributed by atoms with Crippen LogP contribution in [0.1, 0.15) is 53.6 Å². The fourth-order valence-electron chi connectivity index (χ4n) is 8.02. The minimum absolute atomic E-state index is 0.0365. The van der Waals surface area contributed by atoms with Crippen LogP contribution in [0.2, 0.25) is 0 Å². The number of urea groups is 1. The number of nitrogens with one attached hydrogen (secondary N) is 5. The van der Waals surface area contributed by atoms with Crippen LogP contribution in [0.4, 0.5) is 4.79 Å². The third-order valence-corrected chi connectivity index (χ3v) is 12.1. The Bertz CT molecular complexity index is 2440. The number of aliphatic carboxylic acids is 4. The predicted molar refractivity (Wildman–Crippen MR) is 266 cm³/mol. The zero-order valence-corrected chi connectivity index (χ0v) is 40.8. The Hall–Kier alpha value is -7.74. The van der Waals surface area contributed by atoms with E-state index in [1.807, 2.05) is 52.3 Å². The van der Waals surface area contributed by atoms with Crippen LogP contribution in [0.3, 0.4) is 0 Å². The molecule has 25 heteroatoms. The van der Waals surface area contributed by atoms with Crippen LogP contribution in [-0.4, -0.2) is 203 Å². The SMILES string of the molecule is O=CCN1CCN(CC(=O)O)CCN(CC(=O)O)CCN(CC(=O)NCc2ccc(C(=O)NC(Cc3ccc4ccccc4c3)C(=O)NCCCC[C@H](NC(=O)NC(CCC(=O)O)C(=O)O)C(=O)N=O)cc2)CC1. The maximum Gasteiger partial charge on any atom is 0.326 e. The molecule has 1 aliphatic rings. The van der Waals surface area contributed by atoms with Crippen LogP contribution >= 0.6 is 0 Å². The van der Waals surface area contributed by atoms with Crippen LogP contribution in [0.5, 0.6) is 0 Å². The van der Waals surface area contributed by atoms with Gasteiger partial charge in [0.1, 0.15) is 24.4 Å². The van der Waals surface area contributed by atoms with E-state index in [4.69, 9.17) is 5.11 Å². The molecule has 1 fully saturated rings. The summed E-state index contributed by atoms with van der Waals surface area (Å²) in [5.74, 6) is -7.51. The standard InChI is InChI=1S/C49H64N10O15/c60-26-25-56-17-19-57(21-22-59(32-44(66)67)24-23-58(20-18-56)31-43(64)65)30-41(61)51-29-33-8-12-36(13-9-33)45(68)52-40(28-34-10-11-35-5-1-2-6-37(35)27-34)46(69)50-16-4-3-7-38(47(70)55-74)53-49(73)54-39(48(71)72)14-15-42(62)63/h1-2,5-6,8-13,26-27,38-40H,3-4,7,14-25,28-32H2,(H,50,69)(H,51,61)(H,52,68)(H,62,63)(H,64,65)(H,66,67)(H,71,72)(H2,53,54,73)/t38-,39?,40?/m0/s1. The van der Waals surface area contributed by atoms with Crippen LogP contribution < -0.4 is 26.6 Å². The normalized spacial score (nSPS) is 15.4. The van der Waals surface area contributed by atoms with Gasteiger partial charge in [-0.2, -0.15) is 0 Å². The lowest BCUT2D eigenvalue weighted by Gasteiger charge is -2.32. The Morgan fingerprint density at radius 2 is 1.16 bits per heavy atom. The van der Waals surface area contributed by atoms with Crippen molar-refractivity contribution in [1.29, 1.82) is 0 Å². The smallest absolute Gasteiger partial charge is 0.326 e. The number of carbonyl (C=O) groups excluding carboxylic acids is 6. The second-order valence-electron chi connectivity index (χ2n) is 17.7. The zero-order chi connectivity index (χ0) is 54.0. The van der Waals surface area contributed by atoms with E-state index in [0.29, 0.717) is 44.8 Å².